The summed E-state index contributed by atoms with van der Waals surface area (Å²) in [5, 5.41) is 3.07. The number of fused-ring (bicyclic) bond motifs is 1. The maximum atomic E-state index is 13.1. The summed E-state index contributed by atoms with van der Waals surface area (Å²) in [4.78, 5) is 59.2. The van der Waals surface area contributed by atoms with Gasteiger partial charge in [0.15, 0.2) is 16.8 Å². The number of halogens is 1. The van der Waals surface area contributed by atoms with E-state index in [1.807, 2.05) is 31.2 Å². The zero-order valence-electron chi connectivity index (χ0n) is 23.0. The number of likely N-dealkylation sites (tertiary alicyclic amines) is 2. The number of nitrogens with one attached hydrogen (secondary N) is 1. The van der Waals surface area contributed by atoms with E-state index in [-0.39, 0.29) is 59.4 Å². The molecular weight excluding hydrogens is 534 g/mol. The van der Waals surface area contributed by atoms with Gasteiger partial charge in [-0.05, 0) is 73.8 Å². The molecule has 214 valence electrons. The number of Topliss-reactive ketones (excluding diaryl/α,β-unsaturated/α-hetero) is 1. The number of hydrogen-bond acceptors (Lipinski definition) is 7. The molecule has 0 saturated carbocycles. The van der Waals surface area contributed by atoms with Gasteiger partial charge in [0, 0.05) is 56.9 Å². The molecule has 3 saturated heterocycles. The number of rotatable bonds is 8. The van der Waals surface area contributed by atoms with E-state index in [9.17, 15) is 19.2 Å². The highest BCUT2D eigenvalue weighted by Gasteiger charge is 2.51. The number of nitrogens with zero attached hydrogens (tertiary/aromatic N) is 4. The molecule has 11 heteroatoms. The lowest BCUT2D eigenvalue weighted by molar-refractivity contribution is -0.137. The van der Waals surface area contributed by atoms with Crippen LogP contribution in [0.2, 0.25) is 5.22 Å². The number of hydrogen-bond donors (Lipinski definition) is 1. The fraction of sp³-hybridized carbons (Fsp3) is 0.517. The Morgan fingerprint density at radius 3 is 2.42 bits per heavy atom. The van der Waals surface area contributed by atoms with Crippen LogP contribution in [0.1, 0.15) is 47.1 Å². The van der Waals surface area contributed by atoms with Gasteiger partial charge in [-0.25, -0.2) is 0 Å². The standard InChI is InChI=1S/C29H36ClN5O5/c1-19(9-11-31-28(38)20-3-5-21(6-4-20)33-15-13-32(2)14-16-33)17-26(37)34-12-10-22-27(34)23(36)18-35(22)29(39)24-7-8-25(30)40-24/h3-8,19,22,27H,9-18H2,1-2H3,(H,31,38). The maximum Gasteiger partial charge on any atom is 0.290 e. The smallest absolute Gasteiger partial charge is 0.290 e. The van der Waals surface area contributed by atoms with E-state index in [2.05, 4.69) is 22.2 Å². The van der Waals surface area contributed by atoms with E-state index in [4.69, 9.17) is 16.0 Å². The van der Waals surface area contributed by atoms with E-state index >= 15 is 0 Å². The third-order valence-electron chi connectivity index (χ3n) is 8.23. The Morgan fingerprint density at radius 1 is 1.02 bits per heavy atom. The monoisotopic (exact) mass is 569 g/mol. The van der Waals surface area contributed by atoms with Gasteiger partial charge >= 0.3 is 0 Å². The van der Waals surface area contributed by atoms with Crippen LogP contribution in [0, 0.1) is 5.92 Å². The number of carbonyl (C=O) groups is 4. The van der Waals surface area contributed by atoms with Crippen molar-refractivity contribution in [3.63, 3.8) is 0 Å². The molecule has 3 unspecified atom stereocenters. The zero-order chi connectivity index (χ0) is 28.4. The molecule has 3 fully saturated rings. The van der Waals surface area contributed by atoms with Crippen molar-refractivity contribution in [2.45, 2.75) is 38.3 Å². The molecule has 5 rings (SSSR count). The summed E-state index contributed by atoms with van der Waals surface area (Å²) in [5.41, 5.74) is 1.74. The first-order valence-electron chi connectivity index (χ1n) is 13.9. The van der Waals surface area contributed by atoms with Crippen molar-refractivity contribution in [1.82, 2.24) is 20.0 Å². The molecule has 40 heavy (non-hydrogen) atoms. The molecule has 1 aromatic heterocycles. The van der Waals surface area contributed by atoms with Crippen molar-refractivity contribution in [3.8, 4) is 0 Å². The first-order valence-corrected chi connectivity index (χ1v) is 14.3. The Hall–Kier alpha value is -3.37. The highest BCUT2D eigenvalue weighted by atomic mass is 35.5. The van der Waals surface area contributed by atoms with Crippen LogP contribution in [0.5, 0.6) is 0 Å². The average Bonchev–Trinajstić information content (AvgIpc) is 3.66. The molecule has 3 aliphatic rings. The van der Waals surface area contributed by atoms with Gasteiger partial charge in [-0.2, -0.15) is 0 Å². The van der Waals surface area contributed by atoms with Gasteiger partial charge in [0.1, 0.15) is 6.04 Å². The molecule has 0 bridgehead atoms. The van der Waals surface area contributed by atoms with Crippen molar-refractivity contribution in [2.75, 3.05) is 57.8 Å². The number of benzene rings is 1. The minimum Gasteiger partial charge on any atom is -0.440 e. The Balaban J connectivity index is 1.07. The number of likely N-dealkylation sites (N-methyl/N-ethyl adjacent to an activating group) is 1. The van der Waals surface area contributed by atoms with Gasteiger partial charge in [0.25, 0.3) is 11.8 Å². The van der Waals surface area contributed by atoms with E-state index in [1.165, 1.54) is 17.0 Å². The highest BCUT2D eigenvalue weighted by Crippen LogP contribution is 2.32. The van der Waals surface area contributed by atoms with Crippen LogP contribution in [0.15, 0.2) is 40.8 Å². The van der Waals surface area contributed by atoms with Gasteiger partial charge in [-0.15, -0.1) is 0 Å². The largest absolute Gasteiger partial charge is 0.440 e. The Labute approximate surface area is 239 Å². The molecule has 3 amide bonds. The summed E-state index contributed by atoms with van der Waals surface area (Å²) in [5.74, 6) is -0.657. The molecule has 0 radical (unpaired) electrons. The lowest BCUT2D eigenvalue weighted by Gasteiger charge is -2.34. The van der Waals surface area contributed by atoms with E-state index in [0.29, 0.717) is 31.5 Å². The van der Waals surface area contributed by atoms with Gasteiger partial charge < -0.3 is 29.3 Å². The van der Waals surface area contributed by atoms with Crippen LogP contribution in [-0.4, -0.2) is 103 Å². The van der Waals surface area contributed by atoms with Gasteiger partial charge in [-0.1, -0.05) is 6.92 Å². The molecule has 0 spiro atoms. The number of anilines is 1. The van der Waals surface area contributed by atoms with Crippen molar-refractivity contribution in [3.05, 3.63) is 52.9 Å². The van der Waals surface area contributed by atoms with Crippen LogP contribution in [-0.2, 0) is 9.59 Å². The second-order valence-electron chi connectivity index (χ2n) is 11.1. The van der Waals surface area contributed by atoms with Crippen molar-refractivity contribution in [2.24, 2.45) is 5.92 Å². The third kappa shape index (κ3) is 6.02. The summed E-state index contributed by atoms with van der Waals surface area (Å²) < 4.78 is 5.23. The summed E-state index contributed by atoms with van der Waals surface area (Å²) in [7, 11) is 2.12. The molecule has 3 atom stereocenters. The number of amides is 3. The zero-order valence-corrected chi connectivity index (χ0v) is 23.7. The molecule has 4 heterocycles. The van der Waals surface area contributed by atoms with Crippen molar-refractivity contribution in [1.29, 1.82) is 0 Å². The quantitative estimate of drug-likeness (QED) is 0.521. The second-order valence-corrected chi connectivity index (χ2v) is 11.5. The molecular formula is C29H36ClN5O5. The van der Waals surface area contributed by atoms with Gasteiger partial charge in [0.05, 0.1) is 12.6 Å². The summed E-state index contributed by atoms with van der Waals surface area (Å²) in [6, 6.07) is 9.70. The maximum absolute atomic E-state index is 13.1. The van der Waals surface area contributed by atoms with Crippen LogP contribution in [0.3, 0.4) is 0 Å². The van der Waals surface area contributed by atoms with Crippen LogP contribution in [0.25, 0.3) is 0 Å². The lowest BCUT2D eigenvalue weighted by Crippen LogP contribution is -2.44. The number of ketones is 1. The van der Waals surface area contributed by atoms with Gasteiger partial charge in [-0.3, -0.25) is 19.2 Å². The molecule has 10 nitrogen and oxygen atoms in total. The number of furan rings is 1. The lowest BCUT2D eigenvalue weighted by atomic mass is 10.0. The van der Waals surface area contributed by atoms with Crippen LogP contribution >= 0.6 is 11.6 Å². The first kappa shape index (κ1) is 28.2. The van der Waals surface area contributed by atoms with Crippen LogP contribution < -0.4 is 10.2 Å². The molecule has 3 aliphatic heterocycles. The van der Waals surface area contributed by atoms with Crippen molar-refractivity contribution < 1.29 is 23.6 Å². The van der Waals surface area contributed by atoms with Crippen LogP contribution in [0.4, 0.5) is 5.69 Å². The topological polar surface area (TPSA) is 106 Å². The fourth-order valence-electron chi connectivity index (χ4n) is 5.88. The SMILES string of the molecule is CC(CCNC(=O)c1ccc(N2CCN(C)CC2)cc1)CC(=O)N1CCC2C1C(=O)CN2C(=O)c1ccc(Cl)o1. The first-order chi connectivity index (χ1) is 19.2. The fourth-order valence-corrected chi connectivity index (χ4v) is 6.03. The Kier molecular flexibility index (Phi) is 8.46. The Morgan fingerprint density at radius 2 is 1.75 bits per heavy atom. The minimum absolute atomic E-state index is 0.0194. The molecule has 0 aliphatic carbocycles. The summed E-state index contributed by atoms with van der Waals surface area (Å²) >= 11 is 5.80. The minimum atomic E-state index is -0.623. The normalized spacial score (nSPS) is 22.0. The van der Waals surface area contributed by atoms with Gasteiger partial charge in [0.2, 0.25) is 5.91 Å². The molecule has 1 N–H and O–H groups in total. The van der Waals surface area contributed by atoms with E-state index in [1.54, 1.807) is 4.90 Å². The third-order valence-corrected chi connectivity index (χ3v) is 8.43. The second kappa shape index (κ2) is 12.0. The Bertz CT molecular complexity index is 1260. The molecule has 1 aromatic carbocycles. The van der Waals surface area contributed by atoms with Crippen molar-refractivity contribution >= 4 is 40.8 Å². The average molecular weight is 570 g/mol. The van der Waals surface area contributed by atoms with E-state index < -0.39 is 6.04 Å². The predicted octanol–water partition coefficient (Wildman–Crippen LogP) is 2.53. The molecule has 2 aromatic rings. The summed E-state index contributed by atoms with van der Waals surface area (Å²) in [6.45, 7) is 6.80. The highest BCUT2D eigenvalue weighted by molar-refractivity contribution is 6.29. The number of carbonyl (C=O) groups excluding carboxylic acids is 4. The number of piperazine rings is 1. The predicted molar refractivity (Wildman–Crippen MR) is 151 cm³/mol. The van der Waals surface area contributed by atoms with E-state index in [0.717, 1.165) is 31.9 Å². The summed E-state index contributed by atoms with van der Waals surface area (Å²) in [6.07, 6.45) is 1.45.